The van der Waals surface area contributed by atoms with Gasteiger partial charge in [0.25, 0.3) is 5.91 Å². The fourth-order valence-electron chi connectivity index (χ4n) is 3.10. The predicted octanol–water partition coefficient (Wildman–Crippen LogP) is 3.61. The number of likely N-dealkylation sites (tertiary alicyclic amines) is 1. The van der Waals surface area contributed by atoms with Gasteiger partial charge in [0, 0.05) is 24.0 Å². The summed E-state index contributed by atoms with van der Waals surface area (Å²) in [6, 6.07) is 8.17. The molecule has 0 spiro atoms. The van der Waals surface area contributed by atoms with Gasteiger partial charge in [0.05, 0.1) is 0 Å². The van der Waals surface area contributed by atoms with E-state index in [-0.39, 0.29) is 18.3 Å². The molecule has 0 aliphatic carbocycles. The summed E-state index contributed by atoms with van der Waals surface area (Å²) in [7, 11) is 1.99. The molecule has 2 aromatic rings. The highest BCUT2D eigenvalue weighted by Crippen LogP contribution is 2.27. The molecule has 1 amide bonds. The van der Waals surface area contributed by atoms with Crippen LogP contribution in [-0.2, 0) is 0 Å². The van der Waals surface area contributed by atoms with Crippen molar-refractivity contribution in [2.75, 3.05) is 26.7 Å². The zero-order valence-electron chi connectivity index (χ0n) is 14.1. The highest BCUT2D eigenvalue weighted by molar-refractivity contribution is 7.13. The number of carbonyl (C=O) groups is 1. The van der Waals surface area contributed by atoms with E-state index in [0.29, 0.717) is 11.6 Å². The molecule has 1 aromatic heterocycles. The largest absolute Gasteiger partial charge is 0.337 e. The molecule has 1 aliphatic heterocycles. The number of halogens is 1. The summed E-state index contributed by atoms with van der Waals surface area (Å²) >= 11 is 1.55. The Labute approximate surface area is 153 Å². The van der Waals surface area contributed by atoms with Crippen LogP contribution in [0.5, 0.6) is 0 Å². The van der Waals surface area contributed by atoms with E-state index in [0.717, 1.165) is 43.0 Å². The molecule has 2 heterocycles. The quantitative estimate of drug-likeness (QED) is 0.900. The van der Waals surface area contributed by atoms with Crippen LogP contribution in [0.15, 0.2) is 29.6 Å². The van der Waals surface area contributed by atoms with Gasteiger partial charge in [0.2, 0.25) is 0 Å². The Morgan fingerprint density at radius 2 is 2.04 bits per heavy atom. The molecule has 0 radical (unpaired) electrons. The van der Waals surface area contributed by atoms with Crippen LogP contribution in [0.2, 0.25) is 0 Å². The van der Waals surface area contributed by atoms with Crippen molar-refractivity contribution in [2.24, 2.45) is 5.92 Å². The first kappa shape index (κ1) is 18.9. The molecule has 1 aliphatic rings. The van der Waals surface area contributed by atoms with Gasteiger partial charge in [-0.3, -0.25) is 4.79 Å². The lowest BCUT2D eigenvalue weighted by atomic mass is 9.97. The van der Waals surface area contributed by atoms with Gasteiger partial charge in [-0.2, -0.15) is 0 Å². The highest BCUT2D eigenvalue weighted by Gasteiger charge is 2.25. The first-order valence-electron chi connectivity index (χ1n) is 8.14. The van der Waals surface area contributed by atoms with Crippen LogP contribution in [0.4, 0.5) is 0 Å². The van der Waals surface area contributed by atoms with Gasteiger partial charge in [0.1, 0.15) is 10.7 Å². The standard InChI is InChI=1S/C18H23N3OS.ClH/c1-13-5-3-4-6-15(13)17-20-16(12-23-17)18(22)21-9-7-14(8-10-21)11-19-2;/h3-6,12,14,19H,7-11H2,1-2H3;1H. The van der Waals surface area contributed by atoms with E-state index in [9.17, 15) is 4.79 Å². The summed E-state index contributed by atoms with van der Waals surface area (Å²) in [4.78, 5) is 19.2. The molecule has 6 heteroatoms. The highest BCUT2D eigenvalue weighted by atomic mass is 35.5. The van der Waals surface area contributed by atoms with Gasteiger partial charge in [0.15, 0.2) is 0 Å². The monoisotopic (exact) mass is 365 g/mol. The van der Waals surface area contributed by atoms with Gasteiger partial charge in [-0.1, -0.05) is 24.3 Å². The first-order valence-corrected chi connectivity index (χ1v) is 9.02. The minimum absolute atomic E-state index is 0. The van der Waals surface area contributed by atoms with Crippen molar-refractivity contribution >= 4 is 29.7 Å². The Morgan fingerprint density at radius 1 is 1.33 bits per heavy atom. The molecule has 4 nitrogen and oxygen atoms in total. The molecule has 0 atom stereocenters. The average molecular weight is 366 g/mol. The number of piperidine rings is 1. The number of rotatable bonds is 4. The second kappa shape index (κ2) is 8.60. The molecule has 1 saturated heterocycles. The molecular formula is C18H24ClN3OS. The molecular weight excluding hydrogens is 342 g/mol. The van der Waals surface area contributed by atoms with Crippen molar-refractivity contribution in [1.29, 1.82) is 0 Å². The van der Waals surface area contributed by atoms with E-state index in [1.807, 2.05) is 29.5 Å². The normalized spacial score (nSPS) is 15.2. The Morgan fingerprint density at radius 3 is 2.71 bits per heavy atom. The number of nitrogens with zero attached hydrogens (tertiary/aromatic N) is 2. The van der Waals surface area contributed by atoms with E-state index in [2.05, 4.69) is 29.4 Å². The van der Waals surface area contributed by atoms with Crippen molar-refractivity contribution < 1.29 is 4.79 Å². The SMILES string of the molecule is CNCC1CCN(C(=O)c2csc(-c3ccccc3C)n2)CC1.Cl. The Kier molecular flexibility index (Phi) is 6.78. The summed E-state index contributed by atoms with van der Waals surface area (Å²) < 4.78 is 0. The summed E-state index contributed by atoms with van der Waals surface area (Å²) in [5.74, 6) is 0.756. The molecule has 0 unspecified atom stereocenters. The zero-order chi connectivity index (χ0) is 16.2. The lowest BCUT2D eigenvalue weighted by Crippen LogP contribution is -2.40. The number of thiazole rings is 1. The number of hydrogen-bond acceptors (Lipinski definition) is 4. The van der Waals surface area contributed by atoms with Crippen LogP contribution < -0.4 is 5.32 Å². The number of nitrogens with one attached hydrogen (secondary N) is 1. The number of amides is 1. The van der Waals surface area contributed by atoms with E-state index >= 15 is 0 Å². The number of carbonyl (C=O) groups excluding carboxylic acids is 1. The third-order valence-corrected chi connectivity index (χ3v) is 5.37. The molecule has 0 saturated carbocycles. The fourth-order valence-corrected chi connectivity index (χ4v) is 3.98. The fraction of sp³-hybridized carbons (Fsp3) is 0.444. The molecule has 0 bridgehead atoms. The van der Waals surface area contributed by atoms with Crippen LogP contribution in [0.25, 0.3) is 10.6 Å². The predicted molar refractivity (Wildman–Crippen MR) is 102 cm³/mol. The van der Waals surface area contributed by atoms with Crippen molar-refractivity contribution in [3.05, 3.63) is 40.9 Å². The summed E-state index contributed by atoms with van der Waals surface area (Å²) in [6.07, 6.45) is 2.14. The van der Waals surface area contributed by atoms with E-state index in [4.69, 9.17) is 0 Å². The minimum atomic E-state index is 0. The summed E-state index contributed by atoms with van der Waals surface area (Å²) in [5, 5.41) is 6.05. The maximum atomic E-state index is 12.6. The minimum Gasteiger partial charge on any atom is -0.337 e. The topological polar surface area (TPSA) is 45.2 Å². The molecule has 1 fully saturated rings. The van der Waals surface area contributed by atoms with E-state index in [1.165, 1.54) is 5.56 Å². The van der Waals surface area contributed by atoms with E-state index in [1.54, 1.807) is 11.3 Å². The number of benzene rings is 1. The number of hydrogen-bond donors (Lipinski definition) is 1. The van der Waals surface area contributed by atoms with Crippen LogP contribution in [-0.4, -0.2) is 42.5 Å². The van der Waals surface area contributed by atoms with Gasteiger partial charge >= 0.3 is 0 Å². The summed E-state index contributed by atoms with van der Waals surface area (Å²) in [5.41, 5.74) is 2.89. The van der Waals surface area contributed by atoms with Crippen LogP contribution in [0.3, 0.4) is 0 Å². The lowest BCUT2D eigenvalue weighted by molar-refractivity contribution is 0.0686. The number of aromatic nitrogens is 1. The second-order valence-corrected chi connectivity index (χ2v) is 7.00. The van der Waals surface area contributed by atoms with Gasteiger partial charge in [-0.05, 0) is 44.8 Å². The zero-order valence-corrected chi connectivity index (χ0v) is 15.8. The summed E-state index contributed by atoms with van der Waals surface area (Å²) in [6.45, 7) is 4.78. The van der Waals surface area contributed by atoms with Gasteiger partial charge < -0.3 is 10.2 Å². The maximum absolute atomic E-state index is 12.6. The third-order valence-electron chi connectivity index (χ3n) is 4.49. The van der Waals surface area contributed by atoms with Crippen molar-refractivity contribution in [2.45, 2.75) is 19.8 Å². The van der Waals surface area contributed by atoms with Crippen LogP contribution in [0.1, 0.15) is 28.9 Å². The van der Waals surface area contributed by atoms with E-state index < -0.39 is 0 Å². The van der Waals surface area contributed by atoms with Crippen molar-refractivity contribution in [1.82, 2.24) is 15.2 Å². The first-order chi connectivity index (χ1) is 11.2. The smallest absolute Gasteiger partial charge is 0.273 e. The van der Waals surface area contributed by atoms with Crippen LogP contribution in [0, 0.1) is 12.8 Å². The average Bonchev–Trinajstić information content (AvgIpc) is 3.05. The molecule has 1 aromatic carbocycles. The Bertz CT molecular complexity index is 680. The third kappa shape index (κ3) is 4.15. The van der Waals surface area contributed by atoms with Gasteiger partial charge in [-0.25, -0.2) is 4.98 Å². The van der Waals surface area contributed by atoms with Gasteiger partial charge in [-0.15, -0.1) is 23.7 Å². The second-order valence-electron chi connectivity index (χ2n) is 6.15. The molecule has 24 heavy (non-hydrogen) atoms. The lowest BCUT2D eigenvalue weighted by Gasteiger charge is -2.31. The Hall–Kier alpha value is -1.43. The molecule has 130 valence electrons. The van der Waals surface area contributed by atoms with Crippen molar-refractivity contribution in [3.63, 3.8) is 0 Å². The number of aryl methyl sites for hydroxylation is 1. The maximum Gasteiger partial charge on any atom is 0.273 e. The van der Waals surface area contributed by atoms with Crippen molar-refractivity contribution in [3.8, 4) is 10.6 Å². The molecule has 1 N–H and O–H groups in total. The molecule has 3 rings (SSSR count). The Balaban J connectivity index is 0.00000208. The van der Waals surface area contributed by atoms with Crippen LogP contribution >= 0.6 is 23.7 Å².